The summed E-state index contributed by atoms with van der Waals surface area (Å²) in [5, 5.41) is 5.19. The predicted octanol–water partition coefficient (Wildman–Crippen LogP) is 1.39. The number of aryl methyl sites for hydroxylation is 1. The number of rotatable bonds is 3. The molecule has 2 aromatic heterocycles. The van der Waals surface area contributed by atoms with Crippen molar-refractivity contribution in [2.24, 2.45) is 5.84 Å². The van der Waals surface area contributed by atoms with E-state index < -0.39 is 0 Å². The minimum Gasteiger partial charge on any atom is -0.308 e. The Balaban J connectivity index is 2.67. The second-order valence-corrected chi connectivity index (χ2v) is 3.85. The molecule has 2 heterocycles. The van der Waals surface area contributed by atoms with Gasteiger partial charge in [-0.1, -0.05) is 6.92 Å². The van der Waals surface area contributed by atoms with Crippen molar-refractivity contribution in [1.82, 2.24) is 19.7 Å². The maximum Gasteiger partial charge on any atom is 0.163 e. The lowest BCUT2D eigenvalue weighted by Crippen LogP contribution is -2.11. The molecule has 0 aliphatic rings. The van der Waals surface area contributed by atoms with Gasteiger partial charge in [-0.15, -0.1) is 0 Å². The van der Waals surface area contributed by atoms with Crippen LogP contribution in [0.3, 0.4) is 0 Å². The third-order valence-electron chi connectivity index (χ3n) is 2.71. The van der Waals surface area contributed by atoms with Gasteiger partial charge in [0.05, 0.1) is 17.6 Å². The lowest BCUT2D eigenvalue weighted by Gasteiger charge is -2.10. The third-order valence-corrected chi connectivity index (χ3v) is 2.71. The van der Waals surface area contributed by atoms with Gasteiger partial charge in [-0.2, -0.15) is 5.10 Å². The summed E-state index contributed by atoms with van der Waals surface area (Å²) in [4.78, 5) is 8.62. The first-order chi connectivity index (χ1) is 7.67. The number of nitrogens with zero attached hydrogens (tertiary/aromatic N) is 4. The van der Waals surface area contributed by atoms with Crippen LogP contribution in [0.1, 0.15) is 32.1 Å². The van der Waals surface area contributed by atoms with Crippen LogP contribution < -0.4 is 11.3 Å². The van der Waals surface area contributed by atoms with Crippen molar-refractivity contribution in [2.45, 2.75) is 33.2 Å². The van der Waals surface area contributed by atoms with Gasteiger partial charge in [0.25, 0.3) is 0 Å². The number of nitrogens with two attached hydrogens (primary N) is 1. The summed E-state index contributed by atoms with van der Waals surface area (Å²) in [5.41, 5.74) is 3.41. The van der Waals surface area contributed by atoms with Gasteiger partial charge in [0, 0.05) is 0 Å². The Morgan fingerprint density at radius 3 is 2.88 bits per heavy atom. The van der Waals surface area contributed by atoms with E-state index in [9.17, 15) is 0 Å². The molecule has 2 rings (SSSR count). The minimum atomic E-state index is 0.317. The van der Waals surface area contributed by atoms with E-state index in [1.165, 1.54) is 0 Å². The zero-order chi connectivity index (χ0) is 11.7. The molecule has 1 unspecified atom stereocenters. The van der Waals surface area contributed by atoms with Crippen molar-refractivity contribution in [3.63, 3.8) is 0 Å². The Morgan fingerprint density at radius 1 is 1.50 bits per heavy atom. The summed E-state index contributed by atoms with van der Waals surface area (Å²) in [6.45, 7) is 6.07. The molecule has 86 valence electrons. The fourth-order valence-corrected chi connectivity index (χ4v) is 1.64. The molecule has 0 saturated heterocycles. The highest BCUT2D eigenvalue weighted by Gasteiger charge is 2.13. The van der Waals surface area contributed by atoms with Crippen molar-refractivity contribution in [1.29, 1.82) is 0 Å². The molecule has 2 aromatic rings. The van der Waals surface area contributed by atoms with E-state index >= 15 is 0 Å². The van der Waals surface area contributed by atoms with Crippen LogP contribution in [0.5, 0.6) is 0 Å². The maximum absolute atomic E-state index is 5.43. The molecule has 3 N–H and O–H groups in total. The monoisotopic (exact) mass is 220 g/mol. The van der Waals surface area contributed by atoms with E-state index in [-0.39, 0.29) is 0 Å². The number of hydrogen-bond acceptors (Lipinski definition) is 5. The molecule has 0 fully saturated rings. The average molecular weight is 220 g/mol. The van der Waals surface area contributed by atoms with E-state index in [1.807, 2.05) is 11.6 Å². The van der Waals surface area contributed by atoms with Gasteiger partial charge in [0.2, 0.25) is 0 Å². The molecular weight excluding hydrogens is 204 g/mol. The summed E-state index contributed by atoms with van der Waals surface area (Å²) < 4.78 is 1.91. The molecule has 6 nitrogen and oxygen atoms in total. The first kappa shape index (κ1) is 10.8. The lowest BCUT2D eigenvalue weighted by atomic mass is 10.2. The molecular formula is C10H16N6. The number of hydrogen-bond donors (Lipinski definition) is 2. The summed E-state index contributed by atoms with van der Waals surface area (Å²) in [6, 6.07) is 0.317. The Kier molecular flexibility index (Phi) is 2.74. The van der Waals surface area contributed by atoms with E-state index in [1.54, 1.807) is 6.20 Å². The Bertz CT molecular complexity index is 503. The number of hydrazine groups is 1. The van der Waals surface area contributed by atoms with Crippen LogP contribution in [0.25, 0.3) is 11.0 Å². The van der Waals surface area contributed by atoms with E-state index in [0.29, 0.717) is 17.7 Å². The van der Waals surface area contributed by atoms with Crippen LogP contribution in [0.2, 0.25) is 0 Å². The van der Waals surface area contributed by atoms with E-state index in [2.05, 4.69) is 34.3 Å². The highest BCUT2D eigenvalue weighted by Crippen LogP contribution is 2.22. The third kappa shape index (κ3) is 1.61. The van der Waals surface area contributed by atoms with Gasteiger partial charge in [-0.3, -0.25) is 0 Å². The SMILES string of the molecule is CCC(C)n1ncc2c(NN)nc(C)nc21. The topological polar surface area (TPSA) is 81.7 Å². The van der Waals surface area contributed by atoms with Crippen molar-refractivity contribution in [2.75, 3.05) is 5.43 Å². The van der Waals surface area contributed by atoms with Gasteiger partial charge >= 0.3 is 0 Å². The molecule has 0 aliphatic carbocycles. The molecule has 0 saturated carbocycles. The first-order valence-corrected chi connectivity index (χ1v) is 5.35. The Hall–Kier alpha value is -1.69. The molecule has 1 atom stereocenters. The van der Waals surface area contributed by atoms with Gasteiger partial charge in [0.1, 0.15) is 5.82 Å². The zero-order valence-corrected chi connectivity index (χ0v) is 9.73. The number of aromatic nitrogens is 4. The van der Waals surface area contributed by atoms with E-state index in [4.69, 9.17) is 5.84 Å². The summed E-state index contributed by atoms with van der Waals surface area (Å²) in [5.74, 6) is 6.73. The number of fused-ring (bicyclic) bond motifs is 1. The number of anilines is 1. The Morgan fingerprint density at radius 2 is 2.25 bits per heavy atom. The number of nitrogens with one attached hydrogen (secondary N) is 1. The predicted molar refractivity (Wildman–Crippen MR) is 62.9 cm³/mol. The largest absolute Gasteiger partial charge is 0.308 e. The highest BCUT2D eigenvalue weighted by molar-refractivity contribution is 5.86. The molecule has 16 heavy (non-hydrogen) atoms. The molecule has 0 aromatic carbocycles. The minimum absolute atomic E-state index is 0.317. The van der Waals surface area contributed by atoms with Crippen LogP contribution in [-0.4, -0.2) is 19.7 Å². The van der Waals surface area contributed by atoms with Crippen molar-refractivity contribution in [3.8, 4) is 0 Å². The summed E-state index contributed by atoms with van der Waals surface area (Å²) in [7, 11) is 0. The quantitative estimate of drug-likeness (QED) is 0.603. The fourth-order valence-electron chi connectivity index (χ4n) is 1.64. The normalized spacial score (nSPS) is 13.0. The Labute approximate surface area is 93.8 Å². The standard InChI is InChI=1S/C10H16N6/c1-4-6(2)16-10-8(5-12-16)9(15-11)13-7(3)14-10/h5-6H,4,11H2,1-3H3,(H,13,14,15). The second-order valence-electron chi connectivity index (χ2n) is 3.85. The second kappa shape index (κ2) is 4.05. The van der Waals surface area contributed by atoms with Gasteiger partial charge in [-0.05, 0) is 20.3 Å². The molecule has 6 heteroatoms. The van der Waals surface area contributed by atoms with Crippen LogP contribution in [-0.2, 0) is 0 Å². The molecule has 0 radical (unpaired) electrons. The van der Waals surface area contributed by atoms with Gasteiger partial charge in [-0.25, -0.2) is 20.5 Å². The molecule has 0 bridgehead atoms. The highest BCUT2D eigenvalue weighted by atomic mass is 15.3. The zero-order valence-electron chi connectivity index (χ0n) is 9.73. The average Bonchev–Trinajstić information content (AvgIpc) is 2.70. The fraction of sp³-hybridized carbons (Fsp3) is 0.500. The van der Waals surface area contributed by atoms with Gasteiger partial charge < -0.3 is 5.43 Å². The first-order valence-electron chi connectivity index (χ1n) is 5.35. The maximum atomic E-state index is 5.43. The van der Waals surface area contributed by atoms with Crippen molar-refractivity contribution in [3.05, 3.63) is 12.0 Å². The van der Waals surface area contributed by atoms with Crippen molar-refractivity contribution < 1.29 is 0 Å². The van der Waals surface area contributed by atoms with Crippen LogP contribution >= 0.6 is 0 Å². The van der Waals surface area contributed by atoms with Crippen LogP contribution in [0.15, 0.2) is 6.20 Å². The summed E-state index contributed by atoms with van der Waals surface area (Å²) >= 11 is 0. The van der Waals surface area contributed by atoms with Gasteiger partial charge in [0.15, 0.2) is 11.5 Å². The summed E-state index contributed by atoms with van der Waals surface area (Å²) in [6.07, 6.45) is 2.75. The lowest BCUT2D eigenvalue weighted by molar-refractivity contribution is 0.489. The smallest absolute Gasteiger partial charge is 0.163 e. The molecule has 0 aliphatic heterocycles. The molecule has 0 spiro atoms. The molecule has 0 amide bonds. The number of nitrogen functional groups attached to an aromatic ring is 1. The van der Waals surface area contributed by atoms with Crippen molar-refractivity contribution >= 4 is 16.9 Å². The van der Waals surface area contributed by atoms with E-state index in [0.717, 1.165) is 17.5 Å². The van der Waals surface area contributed by atoms with Crippen LogP contribution in [0, 0.1) is 6.92 Å². The van der Waals surface area contributed by atoms with Crippen LogP contribution in [0.4, 0.5) is 5.82 Å².